The molecule has 0 N–H and O–H groups in total. The van der Waals surface area contributed by atoms with Gasteiger partial charge >= 0.3 is 0 Å². The molecular formula is C30H56O4Si4. The normalized spacial score (nSPS) is 33.9. The lowest BCUT2D eigenvalue weighted by Gasteiger charge is -2.52. The summed E-state index contributed by atoms with van der Waals surface area (Å²) in [6.45, 7) is 30.4. The van der Waals surface area contributed by atoms with Crippen molar-refractivity contribution in [3.05, 3.63) is 29.3 Å². The van der Waals surface area contributed by atoms with E-state index in [1.165, 1.54) is 24.8 Å². The smallest absolute Gasteiger partial charge is 0.242 e. The number of hydrogen-bond acceptors (Lipinski definition) is 4. The van der Waals surface area contributed by atoms with Gasteiger partial charge in [-0.2, -0.15) is 0 Å². The lowest BCUT2D eigenvalue weighted by molar-refractivity contribution is -0.0384. The maximum atomic E-state index is 7.20. The highest BCUT2D eigenvalue weighted by molar-refractivity contribution is 6.71. The van der Waals surface area contributed by atoms with E-state index in [0.29, 0.717) is 17.8 Å². The number of fused-ring (bicyclic) bond motifs is 5. The molecule has 0 bridgehead atoms. The fraction of sp³-hybridized carbons (Fsp3) is 0.800. The van der Waals surface area contributed by atoms with Gasteiger partial charge in [0.05, 0.1) is 18.3 Å². The van der Waals surface area contributed by atoms with E-state index < -0.39 is 33.3 Å². The van der Waals surface area contributed by atoms with E-state index in [9.17, 15) is 0 Å². The third-order valence-corrected chi connectivity index (χ3v) is 12.3. The average molecular weight is 593 g/mol. The van der Waals surface area contributed by atoms with Crippen molar-refractivity contribution in [2.45, 2.75) is 135 Å². The van der Waals surface area contributed by atoms with Crippen LogP contribution in [0.3, 0.4) is 0 Å². The molecule has 2 fully saturated rings. The summed E-state index contributed by atoms with van der Waals surface area (Å²) < 4.78 is 27.8. The van der Waals surface area contributed by atoms with Crippen molar-refractivity contribution >= 4 is 33.3 Å². The van der Waals surface area contributed by atoms with Gasteiger partial charge < -0.3 is 17.7 Å². The molecule has 216 valence electrons. The van der Waals surface area contributed by atoms with Gasteiger partial charge in [0.15, 0.2) is 25.0 Å². The Labute approximate surface area is 238 Å². The summed E-state index contributed by atoms with van der Waals surface area (Å²) in [5, 5.41) is 0. The first-order chi connectivity index (χ1) is 17.2. The SMILES string of the molecule is CC12CCC3c4ccc(O[Si](C)(C)C)cc4CCC3C1C(O[Si](C)(C)C)C(O[Si](C)(C)C)C2O[Si](C)(C)C. The highest BCUT2D eigenvalue weighted by Crippen LogP contribution is 2.63. The van der Waals surface area contributed by atoms with Crippen LogP contribution >= 0.6 is 0 Å². The van der Waals surface area contributed by atoms with Crippen LogP contribution in [0.2, 0.25) is 78.6 Å². The van der Waals surface area contributed by atoms with Gasteiger partial charge in [-0.15, -0.1) is 0 Å². The number of benzene rings is 1. The highest BCUT2D eigenvalue weighted by Gasteiger charge is 2.65. The number of rotatable bonds is 8. The van der Waals surface area contributed by atoms with Gasteiger partial charge in [0.2, 0.25) is 8.32 Å². The zero-order valence-electron chi connectivity index (χ0n) is 26.7. The van der Waals surface area contributed by atoms with Crippen LogP contribution in [-0.2, 0) is 19.7 Å². The van der Waals surface area contributed by atoms with Crippen molar-refractivity contribution in [2.75, 3.05) is 0 Å². The van der Waals surface area contributed by atoms with Crippen LogP contribution in [0.5, 0.6) is 5.75 Å². The molecule has 7 unspecified atom stereocenters. The number of aryl methyl sites for hydroxylation is 1. The minimum absolute atomic E-state index is 0.0304. The second kappa shape index (κ2) is 10.2. The van der Waals surface area contributed by atoms with E-state index in [1.807, 2.05) is 0 Å². The zero-order chi connectivity index (χ0) is 28.5. The summed E-state index contributed by atoms with van der Waals surface area (Å²) in [7, 11) is -7.06. The molecular weight excluding hydrogens is 537 g/mol. The molecule has 0 aliphatic heterocycles. The van der Waals surface area contributed by atoms with Gasteiger partial charge in [-0.3, -0.25) is 0 Å². The highest BCUT2D eigenvalue weighted by atomic mass is 28.4. The second-order valence-electron chi connectivity index (χ2n) is 16.5. The molecule has 0 spiro atoms. The minimum atomic E-state index is -1.82. The largest absolute Gasteiger partial charge is 0.544 e. The standard InChI is InChI=1S/C30H56O4Si4/c1-30-19-18-24-23-17-15-22(31-35(2,3)4)20-21(23)14-16-25(24)26(30)27(32-36(5,6)7)28(33-37(8,9)10)29(30)34-38(11,12)13/h15,17,20,24-29H,14,16,18-19H2,1-13H3. The zero-order valence-corrected chi connectivity index (χ0v) is 30.7. The quantitative estimate of drug-likeness (QED) is 0.283. The molecule has 3 aliphatic carbocycles. The average Bonchev–Trinajstić information content (AvgIpc) is 2.90. The molecule has 4 nitrogen and oxygen atoms in total. The molecule has 1 aromatic carbocycles. The fourth-order valence-corrected chi connectivity index (χ4v) is 11.8. The second-order valence-corrected chi connectivity index (χ2v) is 34.3. The van der Waals surface area contributed by atoms with E-state index in [0.717, 1.165) is 12.2 Å². The van der Waals surface area contributed by atoms with Crippen molar-refractivity contribution in [1.82, 2.24) is 0 Å². The van der Waals surface area contributed by atoms with Gasteiger partial charge in [-0.1, -0.05) is 13.0 Å². The van der Waals surface area contributed by atoms with Gasteiger partial charge in [-0.25, -0.2) is 0 Å². The first kappa shape index (κ1) is 30.7. The van der Waals surface area contributed by atoms with Crippen molar-refractivity contribution in [3.8, 4) is 5.75 Å². The summed E-state index contributed by atoms with van der Waals surface area (Å²) in [5.41, 5.74) is 3.15. The Morgan fingerprint density at radius 2 is 1.29 bits per heavy atom. The molecule has 7 atom stereocenters. The molecule has 2 saturated carbocycles. The van der Waals surface area contributed by atoms with Crippen LogP contribution in [0.1, 0.15) is 43.2 Å². The molecule has 1 aromatic rings. The van der Waals surface area contributed by atoms with E-state index in [1.54, 1.807) is 5.56 Å². The van der Waals surface area contributed by atoms with E-state index in [-0.39, 0.29) is 23.7 Å². The fourth-order valence-electron chi connectivity index (χ4n) is 7.62. The van der Waals surface area contributed by atoms with Gasteiger partial charge in [-0.05, 0) is 145 Å². The molecule has 0 aromatic heterocycles. The maximum absolute atomic E-state index is 7.20. The Balaban J connectivity index is 1.76. The molecule has 0 amide bonds. The van der Waals surface area contributed by atoms with Crippen molar-refractivity contribution < 1.29 is 17.7 Å². The summed E-state index contributed by atoms with van der Waals surface area (Å²) in [5.74, 6) is 2.72. The van der Waals surface area contributed by atoms with Crippen molar-refractivity contribution in [1.29, 1.82) is 0 Å². The first-order valence-corrected chi connectivity index (χ1v) is 28.7. The van der Waals surface area contributed by atoms with Crippen LogP contribution in [0, 0.1) is 17.3 Å². The lowest BCUT2D eigenvalue weighted by Crippen LogP contribution is -2.50. The van der Waals surface area contributed by atoms with Crippen LogP contribution in [0.4, 0.5) is 0 Å². The predicted octanol–water partition coefficient (Wildman–Crippen LogP) is 8.64. The third kappa shape index (κ3) is 6.79. The van der Waals surface area contributed by atoms with Crippen LogP contribution < -0.4 is 4.43 Å². The first-order valence-electron chi connectivity index (χ1n) is 15.0. The van der Waals surface area contributed by atoms with Gasteiger partial charge in [0, 0.05) is 5.41 Å². The molecule has 4 rings (SSSR count). The Kier molecular flexibility index (Phi) is 8.28. The number of hydrogen-bond donors (Lipinski definition) is 0. The lowest BCUT2D eigenvalue weighted by atomic mass is 9.55. The third-order valence-electron chi connectivity index (χ3n) is 8.50. The van der Waals surface area contributed by atoms with E-state index >= 15 is 0 Å². The summed E-state index contributed by atoms with van der Waals surface area (Å²) in [6, 6.07) is 7.00. The van der Waals surface area contributed by atoms with E-state index in [4.69, 9.17) is 17.7 Å². The molecule has 0 radical (unpaired) electrons. The van der Waals surface area contributed by atoms with Crippen molar-refractivity contribution in [2.24, 2.45) is 17.3 Å². The summed E-state index contributed by atoms with van der Waals surface area (Å²) in [6.07, 6.45) is 5.01. The Bertz CT molecular complexity index is 1000. The Morgan fingerprint density at radius 3 is 1.84 bits per heavy atom. The minimum Gasteiger partial charge on any atom is -0.544 e. The summed E-state index contributed by atoms with van der Waals surface area (Å²) in [4.78, 5) is 0. The summed E-state index contributed by atoms with van der Waals surface area (Å²) >= 11 is 0. The van der Waals surface area contributed by atoms with Crippen molar-refractivity contribution in [3.63, 3.8) is 0 Å². The van der Waals surface area contributed by atoms with Crippen LogP contribution in [0.15, 0.2) is 18.2 Å². The Hall–Kier alpha value is -0.232. The van der Waals surface area contributed by atoms with Gasteiger partial charge in [0.25, 0.3) is 0 Å². The molecule has 0 heterocycles. The molecule has 38 heavy (non-hydrogen) atoms. The molecule has 8 heteroatoms. The Morgan fingerprint density at radius 1 is 0.711 bits per heavy atom. The topological polar surface area (TPSA) is 36.9 Å². The monoisotopic (exact) mass is 592 g/mol. The van der Waals surface area contributed by atoms with Crippen LogP contribution in [-0.4, -0.2) is 51.6 Å². The molecule has 0 saturated heterocycles. The predicted molar refractivity (Wildman–Crippen MR) is 170 cm³/mol. The maximum Gasteiger partial charge on any atom is 0.242 e. The van der Waals surface area contributed by atoms with Gasteiger partial charge in [0.1, 0.15) is 5.75 Å². The van der Waals surface area contributed by atoms with Crippen LogP contribution in [0.25, 0.3) is 0 Å². The molecule has 3 aliphatic rings. The van der Waals surface area contributed by atoms with E-state index in [2.05, 4.69) is 104 Å².